The van der Waals surface area contributed by atoms with Crippen LogP contribution in [0.4, 0.5) is 0 Å². The van der Waals surface area contributed by atoms with E-state index in [0.29, 0.717) is 0 Å². The van der Waals surface area contributed by atoms with Gasteiger partial charge in [-0.05, 0) is 25.8 Å². The molecule has 0 aliphatic carbocycles. The zero-order chi connectivity index (χ0) is 24.4. The molecule has 0 aliphatic rings. The van der Waals surface area contributed by atoms with Crippen LogP contribution < -0.4 is 27.4 Å². The van der Waals surface area contributed by atoms with E-state index in [1.165, 1.54) is 13.8 Å². The summed E-state index contributed by atoms with van der Waals surface area (Å²) in [6.45, 7) is 2.53. The molecule has 5 atom stereocenters. The Labute approximate surface area is 184 Å². The average molecular weight is 451 g/mol. The predicted octanol–water partition coefficient (Wildman–Crippen LogP) is -2.63. The molecule has 0 aromatic heterocycles. The van der Waals surface area contributed by atoms with Crippen LogP contribution in [-0.4, -0.2) is 70.1 Å². The minimum absolute atomic E-state index is 0.204. The highest BCUT2D eigenvalue weighted by atomic mass is 16.4. The summed E-state index contributed by atoms with van der Waals surface area (Å²) in [5.74, 6) is -4.87. The van der Waals surface area contributed by atoms with Crippen LogP contribution in [0.3, 0.4) is 0 Å². The van der Waals surface area contributed by atoms with Crippen LogP contribution in [-0.2, 0) is 30.4 Å². The van der Waals surface area contributed by atoms with Crippen LogP contribution >= 0.6 is 0 Å². The Kier molecular flexibility index (Phi) is 10.3. The topological polar surface area (TPSA) is 214 Å². The number of nitrogens with two attached hydrogens (primary N) is 2. The normalized spacial score (nSPS) is 15.4. The van der Waals surface area contributed by atoms with E-state index < -0.39 is 66.3 Å². The molecule has 1 rings (SSSR count). The summed E-state index contributed by atoms with van der Waals surface area (Å²) in [6.07, 6.45) is -1.75. The Morgan fingerprint density at radius 3 is 2.03 bits per heavy atom. The lowest BCUT2D eigenvalue weighted by Crippen LogP contribution is -2.59. The van der Waals surface area contributed by atoms with E-state index in [2.05, 4.69) is 16.0 Å². The fourth-order valence-electron chi connectivity index (χ4n) is 2.69. The third-order valence-corrected chi connectivity index (χ3v) is 4.47. The third kappa shape index (κ3) is 8.70. The molecular weight excluding hydrogens is 422 g/mol. The maximum atomic E-state index is 12.5. The minimum Gasteiger partial charge on any atom is -0.480 e. The quantitative estimate of drug-likeness (QED) is 0.178. The van der Waals surface area contributed by atoms with E-state index in [-0.39, 0.29) is 6.42 Å². The van der Waals surface area contributed by atoms with Crippen LogP contribution in [0.15, 0.2) is 30.3 Å². The number of carboxylic acid groups (broad SMARTS) is 1. The zero-order valence-electron chi connectivity index (χ0n) is 17.8. The van der Waals surface area contributed by atoms with Gasteiger partial charge >= 0.3 is 5.97 Å². The van der Waals surface area contributed by atoms with Gasteiger partial charge in [0.05, 0.1) is 18.6 Å². The highest BCUT2D eigenvalue weighted by Crippen LogP contribution is 2.03. The lowest BCUT2D eigenvalue weighted by atomic mass is 10.0. The molecule has 4 amide bonds. The van der Waals surface area contributed by atoms with Crippen molar-refractivity contribution in [2.75, 3.05) is 0 Å². The van der Waals surface area contributed by atoms with Crippen LogP contribution in [0.1, 0.15) is 25.8 Å². The number of aliphatic hydroxyl groups is 1. The van der Waals surface area contributed by atoms with Gasteiger partial charge in [0.1, 0.15) is 18.1 Å². The number of carboxylic acids is 1. The molecule has 0 radical (unpaired) electrons. The SMILES string of the molecule is CC(NC(=O)C(NC(=O)C(N)Cc1ccccc1)C(C)O)C(=O)NC(CC(N)=O)C(=O)O. The standard InChI is InChI=1S/C20H29N5O7/c1-10(17(28)24-14(20(31)32)9-15(22)27)23-19(30)16(11(2)26)25-18(29)13(21)8-12-6-4-3-5-7-12/h3-7,10-11,13-14,16,26H,8-9,21H2,1-2H3,(H2,22,27)(H,23,30)(H,24,28)(H,25,29)(H,31,32). The van der Waals surface area contributed by atoms with Gasteiger partial charge in [0, 0.05) is 0 Å². The Morgan fingerprint density at radius 2 is 1.53 bits per heavy atom. The summed E-state index contributed by atoms with van der Waals surface area (Å²) in [4.78, 5) is 59.2. The van der Waals surface area contributed by atoms with E-state index in [1.807, 2.05) is 6.07 Å². The van der Waals surface area contributed by atoms with E-state index in [1.54, 1.807) is 24.3 Å². The number of aliphatic hydroxyl groups excluding tert-OH is 1. The van der Waals surface area contributed by atoms with Crippen molar-refractivity contribution in [3.8, 4) is 0 Å². The molecule has 0 fully saturated rings. The zero-order valence-corrected chi connectivity index (χ0v) is 17.8. The second-order valence-electron chi connectivity index (χ2n) is 7.32. The first-order valence-electron chi connectivity index (χ1n) is 9.82. The minimum atomic E-state index is -1.57. The highest BCUT2D eigenvalue weighted by molar-refractivity contribution is 5.95. The molecule has 32 heavy (non-hydrogen) atoms. The van der Waals surface area contributed by atoms with Gasteiger partial charge in [0.2, 0.25) is 23.6 Å². The van der Waals surface area contributed by atoms with Gasteiger partial charge in [-0.2, -0.15) is 0 Å². The largest absolute Gasteiger partial charge is 0.480 e. The molecule has 0 heterocycles. The Hall–Kier alpha value is -3.51. The Morgan fingerprint density at radius 1 is 0.938 bits per heavy atom. The molecule has 12 heteroatoms. The smallest absolute Gasteiger partial charge is 0.326 e. The maximum Gasteiger partial charge on any atom is 0.326 e. The van der Waals surface area contributed by atoms with Gasteiger partial charge in [-0.1, -0.05) is 30.3 Å². The molecule has 1 aromatic carbocycles. The number of benzene rings is 1. The number of primary amides is 1. The van der Waals surface area contributed by atoms with Gasteiger partial charge in [-0.15, -0.1) is 0 Å². The molecule has 12 nitrogen and oxygen atoms in total. The van der Waals surface area contributed by atoms with E-state index in [9.17, 15) is 29.1 Å². The molecule has 176 valence electrons. The van der Waals surface area contributed by atoms with Gasteiger partial charge < -0.3 is 37.6 Å². The first kappa shape index (κ1) is 26.5. The van der Waals surface area contributed by atoms with Gasteiger partial charge in [0.15, 0.2) is 0 Å². The number of nitrogens with one attached hydrogen (secondary N) is 3. The van der Waals surface area contributed by atoms with Gasteiger partial charge in [-0.3, -0.25) is 19.2 Å². The fourth-order valence-corrected chi connectivity index (χ4v) is 2.69. The Bertz CT molecular complexity index is 831. The van der Waals surface area contributed by atoms with E-state index >= 15 is 0 Å². The first-order chi connectivity index (χ1) is 14.9. The van der Waals surface area contributed by atoms with Crippen molar-refractivity contribution >= 4 is 29.6 Å². The number of hydrogen-bond acceptors (Lipinski definition) is 7. The van der Waals surface area contributed by atoms with E-state index in [0.717, 1.165) is 5.56 Å². The van der Waals surface area contributed by atoms with Gasteiger partial charge in [0.25, 0.3) is 0 Å². The van der Waals surface area contributed by atoms with Crippen molar-refractivity contribution in [2.45, 2.75) is 57.0 Å². The number of amides is 4. The van der Waals surface area contributed by atoms with Gasteiger partial charge in [-0.25, -0.2) is 4.79 Å². The summed E-state index contributed by atoms with van der Waals surface area (Å²) in [5.41, 5.74) is 11.6. The summed E-state index contributed by atoms with van der Waals surface area (Å²) in [7, 11) is 0. The van der Waals surface area contributed by atoms with Crippen molar-refractivity contribution in [1.82, 2.24) is 16.0 Å². The second-order valence-corrected chi connectivity index (χ2v) is 7.32. The van der Waals surface area contributed by atoms with Crippen molar-refractivity contribution in [3.63, 3.8) is 0 Å². The van der Waals surface area contributed by atoms with Crippen molar-refractivity contribution in [2.24, 2.45) is 11.5 Å². The molecule has 0 saturated carbocycles. The predicted molar refractivity (Wildman–Crippen MR) is 113 cm³/mol. The molecule has 1 aromatic rings. The number of rotatable bonds is 12. The van der Waals surface area contributed by atoms with Crippen molar-refractivity contribution < 1.29 is 34.2 Å². The Balaban J connectivity index is 2.72. The molecule has 0 spiro atoms. The highest BCUT2D eigenvalue weighted by Gasteiger charge is 2.31. The number of carbonyl (C=O) groups excluding carboxylic acids is 4. The van der Waals surface area contributed by atoms with Crippen LogP contribution in [0.25, 0.3) is 0 Å². The summed E-state index contributed by atoms with van der Waals surface area (Å²) < 4.78 is 0. The molecule has 0 aliphatic heterocycles. The van der Waals surface area contributed by atoms with Crippen LogP contribution in [0.5, 0.6) is 0 Å². The summed E-state index contributed by atoms with van der Waals surface area (Å²) >= 11 is 0. The average Bonchev–Trinajstić information content (AvgIpc) is 2.70. The fraction of sp³-hybridized carbons (Fsp3) is 0.450. The molecule has 0 bridgehead atoms. The number of hydrogen-bond donors (Lipinski definition) is 7. The lowest BCUT2D eigenvalue weighted by molar-refractivity contribution is -0.143. The molecule has 9 N–H and O–H groups in total. The lowest BCUT2D eigenvalue weighted by Gasteiger charge is -2.25. The van der Waals surface area contributed by atoms with Crippen molar-refractivity contribution in [3.05, 3.63) is 35.9 Å². The van der Waals surface area contributed by atoms with Crippen molar-refractivity contribution in [1.29, 1.82) is 0 Å². The summed E-state index contributed by atoms with van der Waals surface area (Å²) in [6, 6.07) is 3.75. The maximum absolute atomic E-state index is 12.5. The summed E-state index contributed by atoms with van der Waals surface area (Å²) in [5, 5.41) is 25.7. The monoisotopic (exact) mass is 451 g/mol. The third-order valence-electron chi connectivity index (χ3n) is 4.47. The first-order valence-corrected chi connectivity index (χ1v) is 9.82. The van der Waals surface area contributed by atoms with Crippen LogP contribution in [0, 0.1) is 0 Å². The van der Waals surface area contributed by atoms with Crippen LogP contribution in [0.2, 0.25) is 0 Å². The van der Waals surface area contributed by atoms with E-state index in [4.69, 9.17) is 16.6 Å². The molecular formula is C20H29N5O7. The second kappa shape index (κ2) is 12.4. The number of carbonyl (C=O) groups is 5. The molecule has 5 unspecified atom stereocenters. The number of aliphatic carboxylic acids is 1. The molecule has 0 saturated heterocycles.